The zero-order valence-corrected chi connectivity index (χ0v) is 14.1. The van der Waals surface area contributed by atoms with Crippen molar-refractivity contribution in [2.75, 3.05) is 19.6 Å². The summed E-state index contributed by atoms with van der Waals surface area (Å²) in [5.41, 5.74) is 1.36. The van der Waals surface area contributed by atoms with E-state index in [9.17, 15) is 9.18 Å². The maximum Gasteiger partial charge on any atom is 0.254 e. The lowest BCUT2D eigenvalue weighted by Gasteiger charge is -2.23. The lowest BCUT2D eigenvalue weighted by atomic mass is 9.96. The number of piperidine rings is 1. The van der Waals surface area contributed by atoms with Crippen LogP contribution < -0.4 is 10.6 Å². The Balaban J connectivity index is 1.82. The van der Waals surface area contributed by atoms with E-state index in [4.69, 9.17) is 11.6 Å². The average Bonchev–Trinajstić information content (AvgIpc) is 2.60. The van der Waals surface area contributed by atoms with Gasteiger partial charge in [0, 0.05) is 11.6 Å². The molecule has 0 saturated carbocycles. The Hall–Kier alpha value is -1.91. The third kappa shape index (κ3) is 3.94. The quantitative estimate of drug-likeness (QED) is 0.882. The molecule has 2 aromatic carbocycles. The lowest BCUT2D eigenvalue weighted by molar-refractivity contribution is 0.0941. The third-order valence-corrected chi connectivity index (χ3v) is 4.62. The van der Waals surface area contributed by atoms with Crippen molar-refractivity contribution in [3.05, 3.63) is 58.9 Å². The number of carbonyl (C=O) groups excluding carboxylic acids is 1. The van der Waals surface area contributed by atoms with Gasteiger partial charge in [-0.1, -0.05) is 35.9 Å². The normalized spacial score (nSPS) is 15.2. The molecule has 24 heavy (non-hydrogen) atoms. The fourth-order valence-electron chi connectivity index (χ4n) is 3.06. The summed E-state index contributed by atoms with van der Waals surface area (Å²) in [5, 5.41) is 6.74. The predicted octanol–water partition coefficient (Wildman–Crippen LogP) is 3.88. The topological polar surface area (TPSA) is 41.1 Å². The number of hydrogen-bond donors (Lipinski definition) is 2. The van der Waals surface area contributed by atoms with E-state index >= 15 is 0 Å². The van der Waals surface area contributed by atoms with Crippen molar-refractivity contribution >= 4 is 17.5 Å². The Bertz CT molecular complexity index is 729. The highest BCUT2D eigenvalue weighted by atomic mass is 35.5. The van der Waals surface area contributed by atoms with Crippen LogP contribution in [0.4, 0.5) is 4.39 Å². The molecule has 1 aliphatic rings. The van der Waals surface area contributed by atoms with Crippen molar-refractivity contribution in [2.45, 2.75) is 12.8 Å². The summed E-state index contributed by atoms with van der Waals surface area (Å²) in [7, 11) is 0. The van der Waals surface area contributed by atoms with Gasteiger partial charge in [-0.05, 0) is 61.2 Å². The van der Waals surface area contributed by atoms with E-state index in [0.717, 1.165) is 31.5 Å². The van der Waals surface area contributed by atoms with Crippen molar-refractivity contribution < 1.29 is 9.18 Å². The van der Waals surface area contributed by atoms with Crippen LogP contribution in [0.15, 0.2) is 42.5 Å². The smallest absolute Gasteiger partial charge is 0.254 e. The fraction of sp³-hybridized carbons (Fsp3) is 0.316. The van der Waals surface area contributed by atoms with Gasteiger partial charge in [0.05, 0.1) is 5.56 Å². The highest BCUT2D eigenvalue weighted by molar-refractivity contribution is 6.30. The van der Waals surface area contributed by atoms with Crippen LogP contribution in [0.25, 0.3) is 11.1 Å². The molecule has 0 unspecified atom stereocenters. The Morgan fingerprint density at radius 2 is 1.96 bits per heavy atom. The highest BCUT2D eigenvalue weighted by Crippen LogP contribution is 2.28. The Morgan fingerprint density at radius 1 is 1.21 bits per heavy atom. The van der Waals surface area contributed by atoms with Crippen molar-refractivity contribution in [1.82, 2.24) is 10.6 Å². The van der Waals surface area contributed by atoms with Gasteiger partial charge in [-0.2, -0.15) is 0 Å². The van der Waals surface area contributed by atoms with E-state index in [2.05, 4.69) is 10.6 Å². The molecule has 1 amide bonds. The number of halogens is 2. The van der Waals surface area contributed by atoms with Crippen LogP contribution in [0.2, 0.25) is 5.02 Å². The first kappa shape index (κ1) is 16.9. The number of benzene rings is 2. The minimum atomic E-state index is -0.518. The summed E-state index contributed by atoms with van der Waals surface area (Å²) in [4.78, 5) is 12.6. The van der Waals surface area contributed by atoms with E-state index in [1.165, 1.54) is 6.07 Å². The molecule has 0 bridgehead atoms. The molecule has 3 nitrogen and oxygen atoms in total. The van der Waals surface area contributed by atoms with E-state index in [1.54, 1.807) is 30.3 Å². The maximum absolute atomic E-state index is 14.3. The van der Waals surface area contributed by atoms with E-state index in [1.807, 2.05) is 6.07 Å². The van der Waals surface area contributed by atoms with Crippen LogP contribution in [-0.4, -0.2) is 25.5 Å². The molecule has 0 radical (unpaired) electrons. The van der Waals surface area contributed by atoms with E-state index in [-0.39, 0.29) is 11.5 Å². The first-order valence-electron chi connectivity index (χ1n) is 8.18. The van der Waals surface area contributed by atoms with Crippen LogP contribution in [-0.2, 0) is 0 Å². The second kappa shape index (κ2) is 7.77. The lowest BCUT2D eigenvalue weighted by Crippen LogP contribution is -2.36. The fourth-order valence-corrected chi connectivity index (χ4v) is 3.25. The van der Waals surface area contributed by atoms with Crippen LogP contribution in [0, 0.1) is 11.7 Å². The highest BCUT2D eigenvalue weighted by Gasteiger charge is 2.20. The summed E-state index contributed by atoms with van der Waals surface area (Å²) in [6.45, 7) is 2.51. The molecule has 0 atom stereocenters. The largest absolute Gasteiger partial charge is 0.352 e. The minimum absolute atomic E-state index is 0.0775. The average molecular weight is 347 g/mol. The summed E-state index contributed by atoms with van der Waals surface area (Å²) < 4.78 is 14.3. The summed E-state index contributed by atoms with van der Waals surface area (Å²) in [5.74, 6) is -0.450. The van der Waals surface area contributed by atoms with Gasteiger partial charge in [-0.15, -0.1) is 0 Å². The van der Waals surface area contributed by atoms with Crippen molar-refractivity contribution in [2.24, 2.45) is 5.92 Å². The Kier molecular flexibility index (Phi) is 5.48. The Morgan fingerprint density at radius 3 is 2.71 bits per heavy atom. The van der Waals surface area contributed by atoms with Crippen LogP contribution in [0.1, 0.15) is 23.2 Å². The van der Waals surface area contributed by atoms with Gasteiger partial charge in [0.1, 0.15) is 5.82 Å². The Labute approximate surface area is 146 Å². The molecule has 1 aliphatic heterocycles. The number of carbonyl (C=O) groups is 1. The number of amides is 1. The van der Waals surface area contributed by atoms with Gasteiger partial charge >= 0.3 is 0 Å². The summed E-state index contributed by atoms with van der Waals surface area (Å²) >= 11 is 6.03. The molecular formula is C19H20ClFN2O. The zero-order valence-electron chi connectivity index (χ0n) is 13.3. The van der Waals surface area contributed by atoms with E-state index < -0.39 is 5.82 Å². The second-order valence-corrected chi connectivity index (χ2v) is 6.51. The van der Waals surface area contributed by atoms with Gasteiger partial charge in [-0.25, -0.2) is 4.39 Å². The first-order chi connectivity index (χ1) is 11.6. The summed E-state index contributed by atoms with van der Waals surface area (Å²) in [6, 6.07) is 11.8. The standard InChI is InChI=1S/C19H20ClFN2O/c20-15-4-1-3-14(11-15)16-5-2-6-17(21)18(16)19(24)23-12-13-7-9-22-10-8-13/h1-6,11,13,22H,7-10,12H2,(H,23,24). The first-order valence-corrected chi connectivity index (χ1v) is 8.56. The third-order valence-electron chi connectivity index (χ3n) is 4.39. The number of rotatable bonds is 4. The van der Waals surface area contributed by atoms with Crippen molar-refractivity contribution in [3.8, 4) is 11.1 Å². The van der Waals surface area contributed by atoms with Crippen molar-refractivity contribution in [1.29, 1.82) is 0 Å². The van der Waals surface area contributed by atoms with Gasteiger partial charge in [0.25, 0.3) is 5.91 Å². The second-order valence-electron chi connectivity index (χ2n) is 6.08. The molecular weight excluding hydrogens is 327 g/mol. The van der Waals surface area contributed by atoms with Gasteiger partial charge in [0.15, 0.2) is 0 Å². The summed E-state index contributed by atoms with van der Waals surface area (Å²) in [6.07, 6.45) is 2.05. The van der Waals surface area contributed by atoms with Gasteiger partial charge in [0.2, 0.25) is 0 Å². The number of nitrogens with one attached hydrogen (secondary N) is 2. The SMILES string of the molecule is O=C(NCC1CCNCC1)c1c(F)cccc1-c1cccc(Cl)c1. The molecule has 1 fully saturated rings. The molecule has 2 aromatic rings. The van der Waals surface area contributed by atoms with Crippen LogP contribution in [0.3, 0.4) is 0 Å². The molecule has 1 saturated heterocycles. The zero-order chi connectivity index (χ0) is 16.9. The van der Waals surface area contributed by atoms with Crippen LogP contribution in [0.5, 0.6) is 0 Å². The maximum atomic E-state index is 14.3. The monoisotopic (exact) mass is 346 g/mol. The predicted molar refractivity (Wildman–Crippen MR) is 94.8 cm³/mol. The molecule has 0 spiro atoms. The molecule has 2 N–H and O–H groups in total. The van der Waals surface area contributed by atoms with E-state index in [0.29, 0.717) is 23.0 Å². The van der Waals surface area contributed by atoms with Gasteiger partial charge < -0.3 is 10.6 Å². The van der Waals surface area contributed by atoms with Crippen LogP contribution >= 0.6 is 11.6 Å². The molecule has 0 aliphatic carbocycles. The number of hydrogen-bond acceptors (Lipinski definition) is 2. The molecule has 5 heteroatoms. The molecule has 0 aromatic heterocycles. The molecule has 1 heterocycles. The molecule has 126 valence electrons. The van der Waals surface area contributed by atoms with Gasteiger partial charge in [-0.3, -0.25) is 4.79 Å². The molecule has 3 rings (SSSR count). The van der Waals surface area contributed by atoms with Crippen molar-refractivity contribution in [3.63, 3.8) is 0 Å². The minimum Gasteiger partial charge on any atom is -0.352 e.